The van der Waals surface area contributed by atoms with Gasteiger partial charge in [0, 0.05) is 19.1 Å². The highest BCUT2D eigenvalue weighted by Gasteiger charge is 2.27. The number of ether oxygens (including phenoxy) is 1. The van der Waals surface area contributed by atoms with Crippen molar-refractivity contribution in [3.8, 4) is 5.75 Å². The molecule has 1 saturated heterocycles. The van der Waals surface area contributed by atoms with Gasteiger partial charge in [-0.25, -0.2) is 0 Å². The zero-order valence-electron chi connectivity index (χ0n) is 16.7. The number of amides is 1. The maximum absolute atomic E-state index is 12.4. The summed E-state index contributed by atoms with van der Waals surface area (Å²) in [7, 11) is 0. The first-order valence-corrected chi connectivity index (χ1v) is 9.87. The Morgan fingerprint density at radius 3 is 2.37 bits per heavy atom. The number of benzene rings is 1. The number of aliphatic carboxylic acids is 1. The van der Waals surface area contributed by atoms with Crippen LogP contribution in [0.1, 0.15) is 51.5 Å². The molecule has 0 aromatic heterocycles. The number of carboxylic acid groups (broad SMARTS) is 1. The Hall–Kier alpha value is -2.08. The normalized spacial score (nSPS) is 15.4. The molecule has 27 heavy (non-hydrogen) atoms. The van der Waals surface area contributed by atoms with E-state index in [0.29, 0.717) is 38.6 Å². The molecule has 0 spiro atoms. The molecule has 1 N–H and O–H groups in total. The molecule has 0 aliphatic carbocycles. The van der Waals surface area contributed by atoms with E-state index in [1.807, 2.05) is 28.9 Å². The van der Waals surface area contributed by atoms with Crippen molar-refractivity contribution in [2.24, 2.45) is 0 Å². The van der Waals surface area contributed by atoms with E-state index in [2.05, 4.69) is 26.0 Å². The second kappa shape index (κ2) is 10.3. The molecular formula is C21H32N2O4. The van der Waals surface area contributed by atoms with Gasteiger partial charge in [0.2, 0.25) is 5.91 Å². The van der Waals surface area contributed by atoms with Gasteiger partial charge in [-0.1, -0.05) is 32.9 Å². The summed E-state index contributed by atoms with van der Waals surface area (Å²) in [6.45, 7) is 8.81. The molecule has 6 heteroatoms. The Kier molecular flexibility index (Phi) is 8.10. The lowest BCUT2D eigenvalue weighted by Gasteiger charge is -2.37. The van der Waals surface area contributed by atoms with Crippen LogP contribution >= 0.6 is 0 Å². The lowest BCUT2D eigenvalue weighted by Crippen LogP contribution is -2.48. The first-order valence-electron chi connectivity index (χ1n) is 9.87. The Morgan fingerprint density at radius 2 is 1.85 bits per heavy atom. The summed E-state index contributed by atoms with van der Waals surface area (Å²) in [5, 5.41) is 9.00. The van der Waals surface area contributed by atoms with Gasteiger partial charge in [-0.3, -0.25) is 14.5 Å². The maximum Gasteiger partial charge on any atom is 0.317 e. The molecule has 1 aliphatic heterocycles. The molecule has 1 amide bonds. The predicted molar refractivity (Wildman–Crippen MR) is 105 cm³/mol. The van der Waals surface area contributed by atoms with Crippen LogP contribution in [-0.4, -0.2) is 65.6 Å². The minimum atomic E-state index is -0.797. The first-order chi connectivity index (χ1) is 12.9. The van der Waals surface area contributed by atoms with Crippen molar-refractivity contribution in [2.75, 3.05) is 32.8 Å². The molecule has 150 valence electrons. The van der Waals surface area contributed by atoms with Crippen molar-refractivity contribution in [1.82, 2.24) is 9.80 Å². The van der Waals surface area contributed by atoms with Gasteiger partial charge in [-0.2, -0.15) is 0 Å². The Labute approximate surface area is 162 Å². The van der Waals surface area contributed by atoms with Crippen molar-refractivity contribution in [1.29, 1.82) is 0 Å². The average molecular weight is 376 g/mol. The fourth-order valence-corrected chi connectivity index (χ4v) is 3.52. The topological polar surface area (TPSA) is 70.1 Å². The molecule has 0 unspecified atom stereocenters. The van der Waals surface area contributed by atoms with E-state index in [1.165, 1.54) is 5.56 Å². The van der Waals surface area contributed by atoms with Crippen LogP contribution in [0.2, 0.25) is 0 Å². The fourth-order valence-electron chi connectivity index (χ4n) is 3.52. The highest BCUT2D eigenvalue weighted by molar-refractivity contribution is 5.76. The van der Waals surface area contributed by atoms with Crippen molar-refractivity contribution >= 4 is 11.9 Å². The van der Waals surface area contributed by atoms with E-state index < -0.39 is 5.97 Å². The fraction of sp³-hybridized carbons (Fsp3) is 0.619. The SMILES string of the molecule is CCN(CC(=O)O)C1CCN(C(=O)CCOc2ccc(C(C)C)cc2)CC1. The highest BCUT2D eigenvalue weighted by Crippen LogP contribution is 2.19. The minimum Gasteiger partial charge on any atom is -0.493 e. The van der Waals surface area contributed by atoms with Crippen LogP contribution < -0.4 is 4.74 Å². The summed E-state index contributed by atoms with van der Waals surface area (Å²) in [6.07, 6.45) is 2.01. The molecule has 0 saturated carbocycles. The van der Waals surface area contributed by atoms with Crippen molar-refractivity contribution in [2.45, 2.75) is 52.0 Å². The maximum atomic E-state index is 12.4. The molecular weight excluding hydrogens is 344 g/mol. The summed E-state index contributed by atoms with van der Waals surface area (Å²) in [4.78, 5) is 27.2. The standard InChI is InChI=1S/C21H32N2O4/c1-4-22(15-21(25)26)18-9-12-23(13-10-18)20(24)11-14-27-19-7-5-17(6-8-19)16(2)3/h5-8,16,18H,4,9-15H2,1-3H3,(H,25,26). The summed E-state index contributed by atoms with van der Waals surface area (Å²) in [6, 6.07) is 8.26. The van der Waals surface area contributed by atoms with E-state index in [-0.39, 0.29) is 18.5 Å². The van der Waals surface area contributed by atoms with Gasteiger partial charge in [0.25, 0.3) is 0 Å². The number of rotatable bonds is 9. The van der Waals surface area contributed by atoms with Gasteiger partial charge >= 0.3 is 5.97 Å². The van der Waals surface area contributed by atoms with Gasteiger partial charge < -0.3 is 14.7 Å². The lowest BCUT2D eigenvalue weighted by atomic mass is 10.0. The third kappa shape index (κ3) is 6.54. The molecule has 0 radical (unpaired) electrons. The zero-order chi connectivity index (χ0) is 19.8. The predicted octanol–water partition coefficient (Wildman–Crippen LogP) is 2.98. The minimum absolute atomic E-state index is 0.0680. The largest absolute Gasteiger partial charge is 0.493 e. The number of carbonyl (C=O) groups excluding carboxylic acids is 1. The van der Waals surface area contributed by atoms with Gasteiger partial charge in [0.15, 0.2) is 0 Å². The number of likely N-dealkylation sites (tertiary alicyclic amines) is 1. The van der Waals surface area contributed by atoms with Gasteiger partial charge in [-0.15, -0.1) is 0 Å². The lowest BCUT2D eigenvalue weighted by molar-refractivity contribution is -0.140. The van der Waals surface area contributed by atoms with Crippen LogP contribution in [0.4, 0.5) is 0 Å². The number of carboxylic acids is 1. The van der Waals surface area contributed by atoms with E-state index in [4.69, 9.17) is 9.84 Å². The summed E-state index contributed by atoms with van der Waals surface area (Å²) >= 11 is 0. The third-order valence-electron chi connectivity index (χ3n) is 5.21. The second-order valence-corrected chi connectivity index (χ2v) is 7.39. The highest BCUT2D eigenvalue weighted by atomic mass is 16.5. The van der Waals surface area contributed by atoms with Gasteiger partial charge in [0.1, 0.15) is 5.75 Å². The van der Waals surface area contributed by atoms with Gasteiger partial charge in [-0.05, 0) is 43.0 Å². The molecule has 1 aliphatic rings. The first kappa shape index (κ1) is 21.2. The number of hydrogen-bond acceptors (Lipinski definition) is 4. The average Bonchev–Trinajstić information content (AvgIpc) is 2.66. The summed E-state index contributed by atoms with van der Waals surface area (Å²) in [5.74, 6) is 0.586. The number of piperidine rings is 1. The molecule has 1 aromatic carbocycles. The number of likely N-dealkylation sites (N-methyl/N-ethyl adjacent to an activating group) is 1. The van der Waals surface area contributed by atoms with Crippen LogP contribution in [0.5, 0.6) is 5.75 Å². The molecule has 2 rings (SSSR count). The molecule has 1 fully saturated rings. The van der Waals surface area contributed by atoms with Crippen LogP contribution in [0.3, 0.4) is 0 Å². The molecule has 1 aromatic rings. The van der Waals surface area contributed by atoms with Crippen molar-refractivity contribution in [3.63, 3.8) is 0 Å². The summed E-state index contributed by atoms with van der Waals surface area (Å²) in [5.41, 5.74) is 1.27. The zero-order valence-corrected chi connectivity index (χ0v) is 16.7. The van der Waals surface area contributed by atoms with Crippen molar-refractivity contribution in [3.05, 3.63) is 29.8 Å². The Morgan fingerprint density at radius 1 is 1.22 bits per heavy atom. The Bertz CT molecular complexity index is 607. The van der Waals surface area contributed by atoms with Crippen LogP contribution in [0.15, 0.2) is 24.3 Å². The summed E-state index contributed by atoms with van der Waals surface area (Å²) < 4.78 is 5.70. The third-order valence-corrected chi connectivity index (χ3v) is 5.21. The quantitative estimate of drug-likeness (QED) is 0.717. The van der Waals surface area contributed by atoms with E-state index in [1.54, 1.807) is 0 Å². The van der Waals surface area contributed by atoms with Crippen LogP contribution in [-0.2, 0) is 9.59 Å². The van der Waals surface area contributed by atoms with Crippen LogP contribution in [0, 0.1) is 0 Å². The van der Waals surface area contributed by atoms with E-state index in [0.717, 1.165) is 18.6 Å². The Balaban J connectivity index is 1.72. The monoisotopic (exact) mass is 376 g/mol. The molecule has 0 atom stereocenters. The second-order valence-electron chi connectivity index (χ2n) is 7.39. The number of nitrogens with zero attached hydrogens (tertiary/aromatic N) is 2. The van der Waals surface area contributed by atoms with Crippen molar-refractivity contribution < 1.29 is 19.4 Å². The number of carbonyl (C=O) groups is 2. The van der Waals surface area contributed by atoms with E-state index in [9.17, 15) is 9.59 Å². The molecule has 6 nitrogen and oxygen atoms in total. The number of hydrogen-bond donors (Lipinski definition) is 1. The van der Waals surface area contributed by atoms with E-state index >= 15 is 0 Å². The molecule has 0 bridgehead atoms. The van der Waals surface area contributed by atoms with Gasteiger partial charge in [0.05, 0.1) is 19.6 Å². The smallest absolute Gasteiger partial charge is 0.317 e. The molecule has 1 heterocycles. The van der Waals surface area contributed by atoms with Crippen LogP contribution in [0.25, 0.3) is 0 Å².